The molecule has 0 aromatic heterocycles. The highest BCUT2D eigenvalue weighted by Gasteiger charge is 2.08. The van der Waals surface area contributed by atoms with E-state index in [4.69, 9.17) is 19.9 Å². The number of rotatable bonds is 12. The van der Waals surface area contributed by atoms with Crippen LogP contribution < -0.4 is 5.73 Å². The molecule has 0 aliphatic carbocycles. The predicted molar refractivity (Wildman–Crippen MR) is 80.8 cm³/mol. The van der Waals surface area contributed by atoms with Crippen molar-refractivity contribution in [3.63, 3.8) is 0 Å². The van der Waals surface area contributed by atoms with Crippen LogP contribution in [0.2, 0.25) is 0 Å². The van der Waals surface area contributed by atoms with Crippen LogP contribution in [0, 0.1) is 11.7 Å². The molecule has 1 atom stereocenters. The van der Waals surface area contributed by atoms with E-state index in [0.717, 1.165) is 18.4 Å². The van der Waals surface area contributed by atoms with E-state index in [-0.39, 0.29) is 5.82 Å². The fourth-order valence-electron chi connectivity index (χ4n) is 1.97. The van der Waals surface area contributed by atoms with E-state index in [2.05, 4.69) is 0 Å². The first-order valence-corrected chi connectivity index (χ1v) is 7.35. The average molecular weight is 299 g/mol. The van der Waals surface area contributed by atoms with Crippen molar-refractivity contribution >= 4 is 0 Å². The zero-order chi connectivity index (χ0) is 15.3. The first-order valence-electron chi connectivity index (χ1n) is 7.35. The molecule has 5 heteroatoms. The van der Waals surface area contributed by atoms with Crippen molar-refractivity contribution in [3.8, 4) is 0 Å². The summed E-state index contributed by atoms with van der Waals surface area (Å²) in [6.45, 7) is 3.62. The molecule has 1 aromatic carbocycles. The van der Waals surface area contributed by atoms with Crippen LogP contribution in [0.3, 0.4) is 0 Å². The molecule has 0 radical (unpaired) electrons. The van der Waals surface area contributed by atoms with Crippen molar-refractivity contribution in [2.45, 2.75) is 12.8 Å². The van der Waals surface area contributed by atoms with Crippen molar-refractivity contribution in [2.75, 3.05) is 46.7 Å². The zero-order valence-electron chi connectivity index (χ0n) is 12.7. The van der Waals surface area contributed by atoms with Crippen LogP contribution in [0.1, 0.15) is 12.0 Å². The van der Waals surface area contributed by atoms with Gasteiger partial charge >= 0.3 is 0 Å². The Morgan fingerprint density at radius 2 is 1.62 bits per heavy atom. The lowest BCUT2D eigenvalue weighted by Gasteiger charge is -2.15. The molecule has 0 spiro atoms. The fraction of sp³-hybridized carbons (Fsp3) is 0.625. The highest BCUT2D eigenvalue weighted by atomic mass is 19.1. The summed E-state index contributed by atoms with van der Waals surface area (Å²) in [5, 5.41) is 0. The van der Waals surface area contributed by atoms with Crippen molar-refractivity contribution in [3.05, 3.63) is 35.6 Å². The van der Waals surface area contributed by atoms with E-state index in [0.29, 0.717) is 45.5 Å². The number of methoxy groups -OCH3 is 1. The molecule has 2 N–H and O–H groups in total. The Morgan fingerprint density at radius 1 is 1.00 bits per heavy atom. The minimum atomic E-state index is -0.208. The molecule has 0 amide bonds. The molecule has 0 fully saturated rings. The Balaban J connectivity index is 2.09. The molecule has 1 rings (SSSR count). The van der Waals surface area contributed by atoms with Crippen LogP contribution in [0.25, 0.3) is 0 Å². The summed E-state index contributed by atoms with van der Waals surface area (Å²) in [6, 6.07) is 6.58. The maximum atomic E-state index is 12.8. The fourth-order valence-corrected chi connectivity index (χ4v) is 1.97. The number of nitrogens with two attached hydrogens (primary N) is 1. The minimum absolute atomic E-state index is 0.208. The Labute approximate surface area is 126 Å². The van der Waals surface area contributed by atoms with E-state index < -0.39 is 0 Å². The molecule has 1 unspecified atom stereocenters. The third-order valence-electron chi connectivity index (χ3n) is 3.25. The van der Waals surface area contributed by atoms with Gasteiger partial charge in [-0.05, 0) is 43.0 Å². The van der Waals surface area contributed by atoms with Gasteiger partial charge in [0.15, 0.2) is 0 Å². The van der Waals surface area contributed by atoms with Gasteiger partial charge in [0.1, 0.15) is 5.82 Å². The van der Waals surface area contributed by atoms with Crippen LogP contribution in [-0.2, 0) is 20.6 Å². The summed E-state index contributed by atoms with van der Waals surface area (Å²) in [5.74, 6) is 0.143. The lowest BCUT2D eigenvalue weighted by atomic mass is 9.97. The molecule has 1 aromatic rings. The predicted octanol–water partition coefficient (Wildman–Crippen LogP) is 2.01. The second-order valence-electron chi connectivity index (χ2n) is 4.94. The first kappa shape index (κ1) is 18.0. The lowest BCUT2D eigenvalue weighted by molar-refractivity contribution is 0.0220. The van der Waals surface area contributed by atoms with Crippen LogP contribution in [0.5, 0.6) is 0 Å². The van der Waals surface area contributed by atoms with E-state index in [1.54, 1.807) is 7.11 Å². The van der Waals surface area contributed by atoms with Gasteiger partial charge in [-0.1, -0.05) is 12.1 Å². The third kappa shape index (κ3) is 8.78. The Morgan fingerprint density at radius 3 is 2.24 bits per heavy atom. The molecule has 0 aliphatic heterocycles. The number of ether oxygens (including phenoxy) is 3. The number of benzene rings is 1. The maximum Gasteiger partial charge on any atom is 0.123 e. The Bertz CT molecular complexity index is 359. The summed E-state index contributed by atoms with van der Waals surface area (Å²) >= 11 is 0. The van der Waals surface area contributed by atoms with Crippen molar-refractivity contribution in [1.29, 1.82) is 0 Å². The highest BCUT2D eigenvalue weighted by molar-refractivity contribution is 5.16. The van der Waals surface area contributed by atoms with E-state index in [1.165, 1.54) is 12.1 Å². The van der Waals surface area contributed by atoms with Gasteiger partial charge in [0.25, 0.3) is 0 Å². The number of hydrogen-bond donors (Lipinski definition) is 1. The monoisotopic (exact) mass is 299 g/mol. The highest BCUT2D eigenvalue weighted by Crippen LogP contribution is 2.12. The minimum Gasteiger partial charge on any atom is -0.382 e. The standard InChI is InChI=1S/C16H26FNO3/c1-19-8-9-21-11-10-20-7-6-15(13-18)12-14-2-4-16(17)5-3-14/h2-5,15H,6-13,18H2,1H3. The molecule has 0 saturated heterocycles. The molecule has 21 heavy (non-hydrogen) atoms. The van der Waals surface area contributed by atoms with Gasteiger partial charge in [0.05, 0.1) is 26.4 Å². The van der Waals surface area contributed by atoms with Crippen LogP contribution in [-0.4, -0.2) is 46.7 Å². The van der Waals surface area contributed by atoms with Crippen molar-refractivity contribution in [1.82, 2.24) is 0 Å². The van der Waals surface area contributed by atoms with Crippen molar-refractivity contribution in [2.24, 2.45) is 11.7 Å². The van der Waals surface area contributed by atoms with Crippen LogP contribution in [0.4, 0.5) is 4.39 Å². The Kier molecular flexibility index (Phi) is 9.99. The van der Waals surface area contributed by atoms with Gasteiger partial charge < -0.3 is 19.9 Å². The normalized spacial score (nSPS) is 12.5. The van der Waals surface area contributed by atoms with Gasteiger partial charge in [-0.25, -0.2) is 4.39 Å². The van der Waals surface area contributed by atoms with Gasteiger partial charge in [-0.15, -0.1) is 0 Å². The molecular weight excluding hydrogens is 273 g/mol. The molecule has 0 aliphatic rings. The third-order valence-corrected chi connectivity index (χ3v) is 3.25. The van der Waals surface area contributed by atoms with E-state index in [9.17, 15) is 4.39 Å². The summed E-state index contributed by atoms with van der Waals surface area (Å²) < 4.78 is 28.5. The molecule has 0 saturated carbocycles. The number of hydrogen-bond acceptors (Lipinski definition) is 4. The smallest absolute Gasteiger partial charge is 0.123 e. The molecule has 0 bridgehead atoms. The maximum absolute atomic E-state index is 12.8. The summed E-state index contributed by atoms with van der Waals surface area (Å²) in [4.78, 5) is 0. The van der Waals surface area contributed by atoms with Crippen LogP contribution in [0.15, 0.2) is 24.3 Å². The first-order chi connectivity index (χ1) is 10.3. The van der Waals surface area contributed by atoms with Crippen molar-refractivity contribution < 1.29 is 18.6 Å². The second-order valence-corrected chi connectivity index (χ2v) is 4.94. The summed E-state index contributed by atoms with van der Waals surface area (Å²) in [5.41, 5.74) is 6.88. The van der Waals surface area contributed by atoms with Crippen LogP contribution >= 0.6 is 0 Å². The van der Waals surface area contributed by atoms with E-state index >= 15 is 0 Å². The Hall–Kier alpha value is -1.01. The second kappa shape index (κ2) is 11.6. The van der Waals surface area contributed by atoms with Gasteiger partial charge in [0.2, 0.25) is 0 Å². The average Bonchev–Trinajstić information content (AvgIpc) is 2.50. The van der Waals surface area contributed by atoms with E-state index in [1.807, 2.05) is 12.1 Å². The number of halogens is 1. The zero-order valence-corrected chi connectivity index (χ0v) is 12.7. The molecule has 120 valence electrons. The summed E-state index contributed by atoms with van der Waals surface area (Å²) in [7, 11) is 1.65. The van der Waals surface area contributed by atoms with Gasteiger partial charge in [-0.3, -0.25) is 0 Å². The molecule has 4 nitrogen and oxygen atoms in total. The topological polar surface area (TPSA) is 53.7 Å². The molecule has 0 heterocycles. The largest absolute Gasteiger partial charge is 0.382 e. The van der Waals surface area contributed by atoms with Gasteiger partial charge in [0, 0.05) is 13.7 Å². The van der Waals surface area contributed by atoms with Gasteiger partial charge in [-0.2, -0.15) is 0 Å². The lowest BCUT2D eigenvalue weighted by Crippen LogP contribution is -2.19. The summed E-state index contributed by atoms with van der Waals surface area (Å²) in [6.07, 6.45) is 1.75. The quantitative estimate of drug-likeness (QED) is 0.600. The SMILES string of the molecule is COCCOCCOCCC(CN)Cc1ccc(F)cc1. The molecular formula is C16H26FNO3.